The van der Waals surface area contributed by atoms with E-state index >= 15 is 0 Å². The Morgan fingerprint density at radius 2 is 1.79 bits per heavy atom. The lowest BCUT2D eigenvalue weighted by molar-refractivity contribution is -0.140. The fourth-order valence-corrected chi connectivity index (χ4v) is 5.24. The van der Waals surface area contributed by atoms with Crippen molar-refractivity contribution in [3.05, 3.63) is 35.9 Å². The first-order valence-electron chi connectivity index (χ1n) is 9.51. The van der Waals surface area contributed by atoms with Crippen LogP contribution in [-0.4, -0.2) is 66.3 Å². The zero-order valence-electron chi connectivity index (χ0n) is 16.2. The summed E-state index contributed by atoms with van der Waals surface area (Å²) < 4.78 is 29.3. The Morgan fingerprint density at radius 3 is 2.32 bits per heavy atom. The summed E-state index contributed by atoms with van der Waals surface area (Å²) >= 11 is 0. The number of carboxylic acids is 1. The van der Waals surface area contributed by atoms with E-state index in [4.69, 9.17) is 0 Å². The largest absolute Gasteiger partial charge is 0.480 e. The van der Waals surface area contributed by atoms with E-state index in [1.807, 2.05) is 44.2 Å². The molecular formula is C19H27N3O5S. The van der Waals surface area contributed by atoms with E-state index in [0.29, 0.717) is 19.5 Å². The summed E-state index contributed by atoms with van der Waals surface area (Å²) in [5, 5.41) is 9.70. The highest BCUT2D eigenvalue weighted by molar-refractivity contribution is 7.87. The molecule has 3 rings (SSSR count). The van der Waals surface area contributed by atoms with E-state index < -0.39 is 27.6 Å². The summed E-state index contributed by atoms with van der Waals surface area (Å²) in [5.74, 6) is -1.30. The van der Waals surface area contributed by atoms with E-state index in [1.165, 1.54) is 4.31 Å². The summed E-state index contributed by atoms with van der Waals surface area (Å²) in [6.45, 7) is 4.87. The number of amides is 1. The summed E-state index contributed by atoms with van der Waals surface area (Å²) in [6.07, 6.45) is 0.657. The lowest BCUT2D eigenvalue weighted by atomic mass is 10.1. The fraction of sp³-hybridized carbons (Fsp3) is 0.579. The van der Waals surface area contributed by atoms with Crippen LogP contribution in [0.2, 0.25) is 0 Å². The van der Waals surface area contributed by atoms with Gasteiger partial charge in [-0.25, -0.2) is 0 Å². The van der Waals surface area contributed by atoms with E-state index in [9.17, 15) is 23.1 Å². The monoisotopic (exact) mass is 409 g/mol. The molecule has 0 spiro atoms. The molecule has 1 saturated carbocycles. The Hall–Kier alpha value is -1.97. The van der Waals surface area contributed by atoms with Crippen molar-refractivity contribution in [3.63, 3.8) is 0 Å². The number of hydrogen-bond donors (Lipinski definition) is 2. The highest BCUT2D eigenvalue weighted by Crippen LogP contribution is 2.52. The number of carbonyl (C=O) groups is 2. The maximum atomic E-state index is 12.8. The Morgan fingerprint density at radius 1 is 1.18 bits per heavy atom. The molecule has 1 saturated heterocycles. The Kier molecular flexibility index (Phi) is 5.79. The van der Waals surface area contributed by atoms with Crippen molar-refractivity contribution < 1.29 is 23.1 Å². The molecule has 1 aliphatic carbocycles. The highest BCUT2D eigenvalue weighted by Gasteiger charge is 2.63. The predicted molar refractivity (Wildman–Crippen MR) is 104 cm³/mol. The average molecular weight is 410 g/mol. The minimum atomic E-state index is -3.97. The minimum absolute atomic E-state index is 0.0216. The summed E-state index contributed by atoms with van der Waals surface area (Å²) in [4.78, 5) is 25.7. The molecule has 1 heterocycles. The number of aliphatic carboxylic acids is 1. The van der Waals surface area contributed by atoms with Crippen molar-refractivity contribution in [2.24, 2.45) is 5.92 Å². The first-order chi connectivity index (χ1) is 13.2. The van der Waals surface area contributed by atoms with Gasteiger partial charge in [-0.1, -0.05) is 44.2 Å². The van der Waals surface area contributed by atoms with Gasteiger partial charge in [-0.05, 0) is 17.9 Å². The number of nitrogens with one attached hydrogen (secondary N) is 1. The summed E-state index contributed by atoms with van der Waals surface area (Å²) in [7, 11) is -3.97. The molecule has 2 fully saturated rings. The molecule has 0 bridgehead atoms. The fourth-order valence-electron chi connectivity index (χ4n) is 3.69. The van der Waals surface area contributed by atoms with Crippen LogP contribution < -0.4 is 4.72 Å². The third-order valence-corrected chi connectivity index (χ3v) is 7.04. The van der Waals surface area contributed by atoms with Gasteiger partial charge in [0.15, 0.2) is 0 Å². The van der Waals surface area contributed by atoms with Crippen molar-refractivity contribution in [3.8, 4) is 0 Å². The zero-order valence-corrected chi connectivity index (χ0v) is 17.0. The quantitative estimate of drug-likeness (QED) is 0.699. The number of benzene rings is 1. The van der Waals surface area contributed by atoms with Crippen LogP contribution in [0.1, 0.15) is 38.2 Å². The van der Waals surface area contributed by atoms with Gasteiger partial charge in [-0.2, -0.15) is 17.4 Å². The molecule has 0 aromatic heterocycles. The van der Waals surface area contributed by atoms with Gasteiger partial charge >= 0.3 is 5.97 Å². The van der Waals surface area contributed by atoms with Crippen molar-refractivity contribution >= 4 is 22.1 Å². The maximum absolute atomic E-state index is 12.8. The van der Waals surface area contributed by atoms with Gasteiger partial charge in [0.2, 0.25) is 5.91 Å². The van der Waals surface area contributed by atoms with Crippen LogP contribution in [0.25, 0.3) is 0 Å². The number of carboxylic acid groups (broad SMARTS) is 1. The second kappa shape index (κ2) is 7.81. The number of hydrogen-bond acceptors (Lipinski definition) is 4. The lowest BCUT2D eigenvalue weighted by Gasteiger charge is -2.35. The smallest absolute Gasteiger partial charge is 0.325 e. The molecule has 1 aromatic rings. The van der Waals surface area contributed by atoms with Gasteiger partial charge in [-0.3, -0.25) is 9.59 Å². The number of nitrogens with zero attached hydrogens (tertiary/aromatic N) is 2. The van der Waals surface area contributed by atoms with Crippen molar-refractivity contribution in [2.75, 3.05) is 26.2 Å². The number of rotatable bonds is 7. The molecule has 2 atom stereocenters. The van der Waals surface area contributed by atoms with Gasteiger partial charge < -0.3 is 10.0 Å². The second-order valence-corrected chi connectivity index (χ2v) is 9.60. The molecular weight excluding hydrogens is 382 g/mol. The topological polar surface area (TPSA) is 107 Å². The predicted octanol–water partition coefficient (Wildman–Crippen LogP) is 1.02. The lowest BCUT2D eigenvalue weighted by Crippen LogP contribution is -2.56. The molecule has 2 N–H and O–H groups in total. The first kappa shape index (κ1) is 20.8. The van der Waals surface area contributed by atoms with Gasteiger partial charge in [0.05, 0.1) is 0 Å². The van der Waals surface area contributed by atoms with Gasteiger partial charge in [0.1, 0.15) is 5.54 Å². The van der Waals surface area contributed by atoms with Gasteiger partial charge in [0.25, 0.3) is 10.2 Å². The molecule has 9 heteroatoms. The average Bonchev–Trinajstić information content (AvgIpc) is 3.37. The summed E-state index contributed by atoms with van der Waals surface area (Å²) in [6, 6.07) is 9.06. The molecule has 8 nitrogen and oxygen atoms in total. The molecule has 1 amide bonds. The van der Waals surface area contributed by atoms with Crippen LogP contribution in [0.3, 0.4) is 0 Å². The SMILES string of the molecule is CC(C)CC(=O)N1CCN(S(=O)(=O)N[C@@]2(C(=O)O)C[C@@H]2c2ccccc2)CC1. The second-order valence-electron chi connectivity index (χ2n) is 7.93. The molecule has 1 aliphatic heterocycles. The molecule has 0 radical (unpaired) electrons. The van der Waals surface area contributed by atoms with Crippen LogP contribution >= 0.6 is 0 Å². The third kappa shape index (κ3) is 4.21. The Labute approximate surface area is 165 Å². The minimum Gasteiger partial charge on any atom is -0.480 e. The highest BCUT2D eigenvalue weighted by atomic mass is 32.2. The Bertz CT molecular complexity index is 834. The van der Waals surface area contributed by atoms with Crippen molar-refractivity contribution in [1.82, 2.24) is 13.9 Å². The summed E-state index contributed by atoms with van der Waals surface area (Å²) in [5.41, 5.74) is -0.707. The number of carbonyl (C=O) groups excluding carboxylic acids is 1. The van der Waals surface area contributed by atoms with E-state index in [0.717, 1.165) is 5.56 Å². The molecule has 2 aliphatic rings. The van der Waals surface area contributed by atoms with Crippen molar-refractivity contribution in [2.45, 2.75) is 38.1 Å². The van der Waals surface area contributed by atoms with Crippen molar-refractivity contribution in [1.29, 1.82) is 0 Å². The number of piperazine rings is 1. The zero-order chi connectivity index (χ0) is 20.5. The van der Waals surface area contributed by atoms with E-state index in [2.05, 4.69) is 4.72 Å². The maximum Gasteiger partial charge on any atom is 0.325 e. The van der Waals surface area contributed by atoms with Crippen LogP contribution in [0.5, 0.6) is 0 Å². The van der Waals surface area contributed by atoms with Gasteiger partial charge in [0, 0.05) is 38.5 Å². The van der Waals surface area contributed by atoms with E-state index in [1.54, 1.807) is 4.90 Å². The van der Waals surface area contributed by atoms with Gasteiger partial charge in [-0.15, -0.1) is 0 Å². The molecule has 28 heavy (non-hydrogen) atoms. The Balaban J connectivity index is 1.65. The molecule has 154 valence electrons. The normalized spacial score (nSPS) is 25.7. The standard InChI is InChI=1S/C19H27N3O5S/c1-14(2)12-17(23)21-8-10-22(11-9-21)28(26,27)20-19(18(24)25)13-16(19)15-6-4-3-5-7-15/h3-7,14,16,20H,8-13H2,1-2H3,(H,24,25)/t16-,19+/m1/s1. The molecule has 1 aromatic carbocycles. The van der Waals surface area contributed by atoms with E-state index in [-0.39, 0.29) is 31.3 Å². The van der Waals surface area contributed by atoms with Crippen LogP contribution in [0.4, 0.5) is 0 Å². The first-order valence-corrected chi connectivity index (χ1v) is 10.9. The van der Waals surface area contributed by atoms with Crippen LogP contribution in [-0.2, 0) is 19.8 Å². The van der Waals surface area contributed by atoms with Crippen LogP contribution in [0, 0.1) is 5.92 Å². The van der Waals surface area contributed by atoms with Crippen LogP contribution in [0.15, 0.2) is 30.3 Å². The third-order valence-electron chi connectivity index (χ3n) is 5.37. The molecule has 0 unspecified atom stereocenters.